The summed E-state index contributed by atoms with van der Waals surface area (Å²) in [6, 6.07) is 5.39. The van der Waals surface area contributed by atoms with Gasteiger partial charge >= 0.3 is 0 Å². The van der Waals surface area contributed by atoms with Crippen LogP contribution in [0.4, 0.5) is 9.52 Å². The number of aliphatic hydroxyl groups is 1. The highest BCUT2D eigenvalue weighted by Gasteiger charge is 2.20. The van der Waals surface area contributed by atoms with Crippen LogP contribution in [0.15, 0.2) is 29.8 Å². The zero-order valence-corrected chi connectivity index (χ0v) is 13.2. The molecule has 0 amide bonds. The molecule has 3 rings (SSSR count). The van der Waals surface area contributed by atoms with E-state index in [2.05, 4.69) is 15.2 Å². The average molecular weight is 321 g/mol. The highest BCUT2D eigenvalue weighted by Crippen LogP contribution is 2.22. The zero-order chi connectivity index (χ0) is 15.4. The lowest BCUT2D eigenvalue weighted by Gasteiger charge is -2.32. The van der Waals surface area contributed by atoms with Crippen LogP contribution in [0.3, 0.4) is 0 Å². The Hall–Kier alpha value is -1.50. The van der Waals surface area contributed by atoms with Crippen molar-refractivity contribution in [2.75, 3.05) is 18.0 Å². The van der Waals surface area contributed by atoms with Gasteiger partial charge < -0.3 is 15.3 Å². The summed E-state index contributed by atoms with van der Waals surface area (Å²) < 4.78 is 13.4. The van der Waals surface area contributed by atoms with Crippen LogP contribution < -0.4 is 10.2 Å². The first kappa shape index (κ1) is 15.4. The summed E-state index contributed by atoms with van der Waals surface area (Å²) in [5, 5.41) is 15.7. The summed E-state index contributed by atoms with van der Waals surface area (Å²) in [4.78, 5) is 6.67. The minimum atomic E-state index is -0.344. The summed E-state index contributed by atoms with van der Waals surface area (Å²) in [5.74, 6) is -0.344. The highest BCUT2D eigenvalue weighted by molar-refractivity contribution is 7.13. The highest BCUT2D eigenvalue weighted by atomic mass is 32.1. The van der Waals surface area contributed by atoms with Crippen molar-refractivity contribution in [1.29, 1.82) is 0 Å². The molecule has 22 heavy (non-hydrogen) atoms. The molecule has 2 N–H and O–H groups in total. The molecule has 0 unspecified atom stereocenters. The van der Waals surface area contributed by atoms with Gasteiger partial charge in [-0.1, -0.05) is 6.07 Å². The predicted molar refractivity (Wildman–Crippen MR) is 86.5 cm³/mol. The average Bonchev–Trinajstić information content (AvgIpc) is 3.09. The molecule has 0 spiro atoms. The Balaban J connectivity index is 1.49. The van der Waals surface area contributed by atoms with Gasteiger partial charge in [0.2, 0.25) is 0 Å². The number of rotatable bonds is 5. The number of hydrogen-bond acceptors (Lipinski definition) is 5. The van der Waals surface area contributed by atoms with Crippen LogP contribution in [0.5, 0.6) is 0 Å². The van der Waals surface area contributed by atoms with Crippen LogP contribution in [-0.2, 0) is 13.2 Å². The smallest absolute Gasteiger partial charge is 0.185 e. The third kappa shape index (κ3) is 3.63. The van der Waals surface area contributed by atoms with Crippen LogP contribution >= 0.6 is 11.3 Å². The summed E-state index contributed by atoms with van der Waals surface area (Å²) in [5.41, 5.74) is 1.37. The number of thiazole rings is 1. The van der Waals surface area contributed by atoms with E-state index >= 15 is 0 Å². The molecule has 1 aromatic carbocycles. The lowest BCUT2D eigenvalue weighted by Crippen LogP contribution is -2.42. The molecule has 6 heteroatoms. The zero-order valence-electron chi connectivity index (χ0n) is 12.3. The Labute approximate surface area is 133 Å². The minimum Gasteiger partial charge on any atom is -0.392 e. The fraction of sp³-hybridized carbons (Fsp3) is 0.438. The molecule has 118 valence electrons. The third-order valence-corrected chi connectivity index (χ3v) is 4.89. The quantitative estimate of drug-likeness (QED) is 0.888. The molecule has 1 aliphatic heterocycles. The molecule has 1 aromatic heterocycles. The van der Waals surface area contributed by atoms with Gasteiger partial charge in [-0.15, -0.1) is 11.3 Å². The summed E-state index contributed by atoms with van der Waals surface area (Å²) in [6.45, 7) is 2.47. The molecule has 1 aliphatic rings. The first-order chi connectivity index (χ1) is 10.8. The standard InChI is InChI=1S/C16H20FN3OS/c17-15-2-1-12(9-13(15)11-21)10-19-14-3-6-20(7-4-14)16-18-5-8-22-16/h1-2,5,8-9,14,19,21H,3-4,6-7,10-11H2. The maximum Gasteiger partial charge on any atom is 0.185 e. The van der Waals surface area contributed by atoms with E-state index in [0.717, 1.165) is 36.6 Å². The number of nitrogens with zero attached hydrogens (tertiary/aromatic N) is 2. The first-order valence-electron chi connectivity index (χ1n) is 7.52. The first-order valence-corrected chi connectivity index (χ1v) is 8.40. The van der Waals surface area contributed by atoms with Gasteiger partial charge in [-0.2, -0.15) is 0 Å². The Morgan fingerprint density at radius 3 is 2.86 bits per heavy atom. The van der Waals surface area contributed by atoms with Gasteiger partial charge in [-0.25, -0.2) is 9.37 Å². The number of nitrogens with one attached hydrogen (secondary N) is 1. The number of aliphatic hydroxyl groups excluding tert-OH is 1. The molecule has 4 nitrogen and oxygen atoms in total. The number of aromatic nitrogens is 1. The number of anilines is 1. The molecule has 0 atom stereocenters. The maximum atomic E-state index is 13.4. The normalized spacial score (nSPS) is 16.2. The van der Waals surface area contributed by atoms with Crippen molar-refractivity contribution in [2.45, 2.75) is 32.0 Å². The van der Waals surface area contributed by atoms with E-state index in [1.807, 2.05) is 11.6 Å². The topological polar surface area (TPSA) is 48.4 Å². The van der Waals surface area contributed by atoms with E-state index in [-0.39, 0.29) is 12.4 Å². The minimum absolute atomic E-state index is 0.258. The number of halogens is 1. The maximum absolute atomic E-state index is 13.4. The molecule has 0 saturated carbocycles. The fourth-order valence-electron chi connectivity index (χ4n) is 2.77. The van der Waals surface area contributed by atoms with Crippen molar-refractivity contribution < 1.29 is 9.50 Å². The molecule has 2 aromatic rings. The van der Waals surface area contributed by atoms with E-state index in [9.17, 15) is 4.39 Å². The van der Waals surface area contributed by atoms with E-state index in [1.54, 1.807) is 23.5 Å². The van der Waals surface area contributed by atoms with E-state index in [1.165, 1.54) is 6.07 Å². The van der Waals surface area contributed by atoms with Gasteiger partial charge in [0, 0.05) is 42.8 Å². The van der Waals surface area contributed by atoms with Crippen LogP contribution in [0.25, 0.3) is 0 Å². The van der Waals surface area contributed by atoms with Gasteiger partial charge in [-0.05, 0) is 30.5 Å². The van der Waals surface area contributed by atoms with E-state index in [0.29, 0.717) is 18.2 Å². The molecular weight excluding hydrogens is 301 g/mol. The van der Waals surface area contributed by atoms with Crippen LogP contribution in [0.1, 0.15) is 24.0 Å². The number of hydrogen-bond donors (Lipinski definition) is 2. The van der Waals surface area contributed by atoms with Crippen LogP contribution in [-0.4, -0.2) is 29.2 Å². The van der Waals surface area contributed by atoms with Crippen molar-refractivity contribution in [1.82, 2.24) is 10.3 Å². The predicted octanol–water partition coefficient (Wildman–Crippen LogP) is 2.53. The third-order valence-electron chi connectivity index (χ3n) is 4.06. The molecule has 0 aliphatic carbocycles. The second kappa shape index (κ2) is 7.17. The van der Waals surface area contributed by atoms with Crippen molar-refractivity contribution in [2.24, 2.45) is 0 Å². The van der Waals surface area contributed by atoms with Gasteiger partial charge in [0.1, 0.15) is 5.82 Å². The van der Waals surface area contributed by atoms with Crippen molar-refractivity contribution in [3.63, 3.8) is 0 Å². The molecular formula is C16H20FN3OS. The molecule has 2 heterocycles. The van der Waals surface area contributed by atoms with Gasteiger partial charge in [-0.3, -0.25) is 0 Å². The monoisotopic (exact) mass is 321 g/mol. The second-order valence-corrected chi connectivity index (χ2v) is 6.41. The van der Waals surface area contributed by atoms with Crippen molar-refractivity contribution in [3.05, 3.63) is 46.7 Å². The number of piperidine rings is 1. The van der Waals surface area contributed by atoms with Crippen LogP contribution in [0, 0.1) is 5.82 Å². The summed E-state index contributed by atoms with van der Waals surface area (Å²) >= 11 is 1.68. The Kier molecular flexibility index (Phi) is 5.02. The lowest BCUT2D eigenvalue weighted by atomic mass is 10.0. The summed E-state index contributed by atoms with van der Waals surface area (Å²) in [7, 11) is 0. The second-order valence-electron chi connectivity index (χ2n) is 5.54. The van der Waals surface area contributed by atoms with Crippen LogP contribution in [0.2, 0.25) is 0 Å². The molecule has 1 saturated heterocycles. The fourth-order valence-corrected chi connectivity index (χ4v) is 3.47. The Bertz CT molecular complexity index is 597. The SMILES string of the molecule is OCc1cc(CNC2CCN(c3nccs3)CC2)ccc1F. The molecule has 0 bridgehead atoms. The Morgan fingerprint density at radius 1 is 1.36 bits per heavy atom. The van der Waals surface area contributed by atoms with Gasteiger partial charge in [0.05, 0.1) is 6.61 Å². The Morgan fingerprint density at radius 2 is 2.18 bits per heavy atom. The van der Waals surface area contributed by atoms with Gasteiger partial charge in [0.15, 0.2) is 5.13 Å². The lowest BCUT2D eigenvalue weighted by molar-refractivity contribution is 0.275. The van der Waals surface area contributed by atoms with Crippen molar-refractivity contribution in [3.8, 4) is 0 Å². The number of benzene rings is 1. The van der Waals surface area contributed by atoms with Gasteiger partial charge in [0.25, 0.3) is 0 Å². The van der Waals surface area contributed by atoms with E-state index < -0.39 is 0 Å². The van der Waals surface area contributed by atoms with Crippen molar-refractivity contribution >= 4 is 16.5 Å². The van der Waals surface area contributed by atoms with E-state index in [4.69, 9.17) is 5.11 Å². The molecule has 1 fully saturated rings. The largest absolute Gasteiger partial charge is 0.392 e. The summed E-state index contributed by atoms with van der Waals surface area (Å²) in [6.07, 6.45) is 4.00. The molecule has 0 radical (unpaired) electrons.